The van der Waals surface area contributed by atoms with E-state index in [1.165, 1.54) is 51.4 Å². The molecular weight excluding hydrogens is 328 g/mol. The van der Waals surface area contributed by atoms with Crippen molar-refractivity contribution in [2.75, 3.05) is 0 Å². The van der Waals surface area contributed by atoms with Crippen molar-refractivity contribution in [2.24, 2.45) is 35.5 Å². The molecule has 4 aliphatic carbocycles. The Morgan fingerprint density at radius 3 is 1.23 bits per heavy atom. The Morgan fingerprint density at radius 2 is 0.923 bits per heavy atom. The maximum atomic E-state index is 12.3. The van der Waals surface area contributed by atoms with Gasteiger partial charge in [-0.3, -0.25) is 9.59 Å². The lowest BCUT2D eigenvalue weighted by Crippen LogP contribution is -2.13. The fourth-order valence-corrected chi connectivity index (χ4v) is 5.63. The molecule has 4 fully saturated rings. The molecule has 5 rings (SSSR count). The zero-order valence-electron chi connectivity index (χ0n) is 15.1. The fourth-order valence-electron chi connectivity index (χ4n) is 5.63. The summed E-state index contributed by atoms with van der Waals surface area (Å²) in [5, 5.41) is 0. The van der Waals surface area contributed by atoms with Gasteiger partial charge in [-0.15, -0.1) is 0 Å². The van der Waals surface area contributed by atoms with Gasteiger partial charge in [0, 0.05) is 0 Å². The van der Waals surface area contributed by atoms with Crippen LogP contribution in [0.15, 0.2) is 24.3 Å². The van der Waals surface area contributed by atoms with E-state index in [9.17, 15) is 9.59 Å². The molecule has 4 aliphatic rings. The lowest BCUT2D eigenvalue weighted by molar-refractivity contribution is -0.137. The summed E-state index contributed by atoms with van der Waals surface area (Å²) in [6.07, 6.45) is 9.65. The minimum absolute atomic E-state index is 0.0892. The van der Waals surface area contributed by atoms with Gasteiger partial charge in [-0.05, 0) is 73.6 Å². The van der Waals surface area contributed by atoms with Crippen LogP contribution in [0.2, 0.25) is 0 Å². The maximum Gasteiger partial charge on any atom is 0.314 e. The van der Waals surface area contributed by atoms with Gasteiger partial charge in [-0.1, -0.05) is 25.7 Å². The number of ether oxygens (including phenoxy) is 2. The second kappa shape index (κ2) is 6.40. The standard InChI is InChI=1S/C22H26O4/c23-21(19-15-5-1-2-6-16(15)19)25-13-9-11-14(12-10-13)26-22(24)20-17-7-3-4-8-18(17)20/h9-12,15-20H,1-8H2/t15-,16-,17-,18+,20?/m0/s1. The van der Waals surface area contributed by atoms with Crippen molar-refractivity contribution >= 4 is 11.9 Å². The second-order valence-electron chi connectivity index (χ2n) is 8.59. The zero-order valence-corrected chi connectivity index (χ0v) is 15.1. The van der Waals surface area contributed by atoms with Crippen molar-refractivity contribution in [1.29, 1.82) is 0 Å². The molecule has 0 aromatic heterocycles. The summed E-state index contributed by atoms with van der Waals surface area (Å²) in [5.74, 6) is 3.33. The molecule has 0 heterocycles. The van der Waals surface area contributed by atoms with Gasteiger partial charge >= 0.3 is 11.9 Å². The highest BCUT2D eigenvalue weighted by Gasteiger charge is 2.56. The van der Waals surface area contributed by atoms with Crippen LogP contribution in [0.25, 0.3) is 0 Å². The molecule has 26 heavy (non-hydrogen) atoms. The number of fused-ring (bicyclic) bond motifs is 2. The van der Waals surface area contributed by atoms with Gasteiger partial charge in [0.2, 0.25) is 0 Å². The Balaban J connectivity index is 1.15. The summed E-state index contributed by atoms with van der Waals surface area (Å²) in [6.45, 7) is 0. The van der Waals surface area contributed by atoms with Crippen LogP contribution in [0.1, 0.15) is 51.4 Å². The predicted octanol–water partition coefficient (Wildman–Crippen LogP) is 4.37. The van der Waals surface area contributed by atoms with Crippen LogP contribution in [-0.4, -0.2) is 11.9 Å². The van der Waals surface area contributed by atoms with Crippen LogP contribution in [0, 0.1) is 35.5 Å². The summed E-state index contributed by atoms with van der Waals surface area (Å²) in [4.78, 5) is 24.7. The van der Waals surface area contributed by atoms with E-state index in [2.05, 4.69) is 0 Å². The largest absolute Gasteiger partial charge is 0.426 e. The van der Waals surface area contributed by atoms with Gasteiger partial charge in [-0.2, -0.15) is 0 Å². The van der Waals surface area contributed by atoms with Crippen LogP contribution < -0.4 is 9.47 Å². The van der Waals surface area contributed by atoms with E-state index in [-0.39, 0.29) is 23.8 Å². The molecule has 4 nitrogen and oxygen atoms in total. The molecule has 1 aromatic carbocycles. The Labute approximate surface area is 154 Å². The van der Waals surface area contributed by atoms with Crippen LogP contribution >= 0.6 is 0 Å². The summed E-state index contributed by atoms with van der Waals surface area (Å²) in [7, 11) is 0. The van der Waals surface area contributed by atoms with E-state index in [1.807, 2.05) is 0 Å². The van der Waals surface area contributed by atoms with Gasteiger partial charge in [0.1, 0.15) is 11.5 Å². The lowest BCUT2D eigenvalue weighted by atomic mass is 10.0. The molecule has 0 amide bonds. The second-order valence-corrected chi connectivity index (χ2v) is 8.59. The van der Waals surface area contributed by atoms with Crippen molar-refractivity contribution in [3.63, 3.8) is 0 Å². The first kappa shape index (κ1) is 16.3. The molecule has 0 N–H and O–H groups in total. The third-order valence-electron chi connectivity index (χ3n) is 7.12. The van der Waals surface area contributed by atoms with Gasteiger partial charge < -0.3 is 9.47 Å². The van der Waals surface area contributed by atoms with Crippen molar-refractivity contribution in [2.45, 2.75) is 51.4 Å². The van der Waals surface area contributed by atoms with Gasteiger partial charge in [0.15, 0.2) is 0 Å². The first-order valence-electron chi connectivity index (χ1n) is 10.3. The summed E-state index contributed by atoms with van der Waals surface area (Å²) >= 11 is 0. The van der Waals surface area contributed by atoms with E-state index in [1.54, 1.807) is 24.3 Å². The van der Waals surface area contributed by atoms with E-state index in [0.717, 1.165) is 0 Å². The molecule has 4 heteroatoms. The van der Waals surface area contributed by atoms with E-state index in [0.29, 0.717) is 35.2 Å². The minimum Gasteiger partial charge on any atom is -0.426 e. The molecule has 1 unspecified atom stereocenters. The molecular formula is C22H26O4. The number of esters is 2. The number of benzene rings is 1. The third-order valence-corrected chi connectivity index (χ3v) is 7.12. The highest BCUT2D eigenvalue weighted by atomic mass is 16.5. The van der Waals surface area contributed by atoms with Gasteiger partial charge in [-0.25, -0.2) is 0 Å². The quantitative estimate of drug-likeness (QED) is 0.595. The van der Waals surface area contributed by atoms with Crippen molar-refractivity contribution in [1.82, 2.24) is 0 Å². The Morgan fingerprint density at radius 1 is 0.615 bits per heavy atom. The van der Waals surface area contributed by atoms with Crippen molar-refractivity contribution in [3.8, 4) is 11.5 Å². The van der Waals surface area contributed by atoms with E-state index < -0.39 is 0 Å². The van der Waals surface area contributed by atoms with Crippen molar-refractivity contribution < 1.29 is 19.1 Å². The van der Waals surface area contributed by atoms with Crippen LogP contribution in [0.5, 0.6) is 11.5 Å². The van der Waals surface area contributed by atoms with Gasteiger partial charge in [0.25, 0.3) is 0 Å². The van der Waals surface area contributed by atoms with Crippen LogP contribution in [-0.2, 0) is 9.59 Å². The number of carbonyl (C=O) groups excluding carboxylic acids is 2. The zero-order chi connectivity index (χ0) is 17.7. The summed E-state index contributed by atoms with van der Waals surface area (Å²) in [6, 6.07) is 6.91. The minimum atomic E-state index is -0.0892. The maximum absolute atomic E-state index is 12.3. The van der Waals surface area contributed by atoms with Crippen LogP contribution in [0.4, 0.5) is 0 Å². The topological polar surface area (TPSA) is 52.6 Å². The molecule has 0 radical (unpaired) electrons. The SMILES string of the molecule is O=C(Oc1ccc(OC(=O)C2[C@H]3CCCC[C@@H]23)cc1)C1[C@H]2CCCC[C@H]12. The highest BCUT2D eigenvalue weighted by molar-refractivity contribution is 5.80. The normalized spacial score (nSPS) is 37.1. The fraction of sp³-hybridized carbons (Fsp3) is 0.636. The number of rotatable bonds is 4. The molecule has 5 atom stereocenters. The molecule has 4 saturated carbocycles. The molecule has 0 bridgehead atoms. The molecule has 0 spiro atoms. The lowest BCUT2D eigenvalue weighted by Gasteiger charge is -2.07. The predicted molar refractivity (Wildman–Crippen MR) is 95.6 cm³/mol. The average molecular weight is 354 g/mol. The first-order chi connectivity index (χ1) is 12.7. The average Bonchev–Trinajstić information content (AvgIpc) is 3.55. The summed E-state index contributed by atoms with van der Waals surface area (Å²) in [5.41, 5.74) is 0. The third kappa shape index (κ3) is 2.93. The molecule has 0 aliphatic heterocycles. The molecule has 1 aromatic rings. The molecule has 0 saturated heterocycles. The summed E-state index contributed by atoms with van der Waals surface area (Å²) < 4.78 is 11.1. The Bertz CT molecular complexity index is 624. The van der Waals surface area contributed by atoms with E-state index in [4.69, 9.17) is 9.47 Å². The number of hydrogen-bond acceptors (Lipinski definition) is 4. The molecule has 138 valence electrons. The smallest absolute Gasteiger partial charge is 0.314 e. The van der Waals surface area contributed by atoms with E-state index >= 15 is 0 Å². The highest BCUT2D eigenvalue weighted by Crippen LogP contribution is 2.56. The monoisotopic (exact) mass is 354 g/mol. The van der Waals surface area contributed by atoms with Crippen molar-refractivity contribution in [3.05, 3.63) is 24.3 Å². The van der Waals surface area contributed by atoms with Gasteiger partial charge in [0.05, 0.1) is 11.8 Å². The first-order valence-corrected chi connectivity index (χ1v) is 10.3. The number of hydrogen-bond donors (Lipinski definition) is 0. The van der Waals surface area contributed by atoms with Crippen LogP contribution in [0.3, 0.4) is 0 Å². The number of carbonyl (C=O) groups is 2. The Kier molecular flexibility index (Phi) is 4.02. The Hall–Kier alpha value is -1.84.